The normalized spacial score (nSPS) is 11.7. The third-order valence-corrected chi connectivity index (χ3v) is 2.87. The first-order valence-electron chi connectivity index (χ1n) is 6.12. The first-order chi connectivity index (χ1) is 9.01. The fourth-order valence-electron chi connectivity index (χ4n) is 1.68. The highest BCUT2D eigenvalue weighted by molar-refractivity contribution is 6.30. The summed E-state index contributed by atoms with van der Waals surface area (Å²) < 4.78 is 4.54. The molecule has 0 radical (unpaired) electrons. The van der Waals surface area contributed by atoms with Crippen molar-refractivity contribution < 1.29 is 14.3 Å². The largest absolute Gasteiger partial charge is 0.469 e. The molecule has 1 atom stereocenters. The molecule has 0 aliphatic carbocycles. The Hall–Kier alpha value is -1.55. The minimum Gasteiger partial charge on any atom is -0.469 e. The maximum Gasteiger partial charge on any atom is 0.307 e. The van der Waals surface area contributed by atoms with Crippen molar-refractivity contribution in [3.8, 4) is 0 Å². The van der Waals surface area contributed by atoms with E-state index in [1.165, 1.54) is 7.11 Å². The number of amides is 1. The Morgan fingerprint density at radius 2 is 2.16 bits per heavy atom. The van der Waals surface area contributed by atoms with Crippen molar-refractivity contribution in [2.24, 2.45) is 0 Å². The number of halogens is 1. The number of hydrogen-bond acceptors (Lipinski definition) is 3. The van der Waals surface area contributed by atoms with Crippen LogP contribution in [0.15, 0.2) is 24.3 Å². The summed E-state index contributed by atoms with van der Waals surface area (Å²) in [6.07, 6.45) is 1.17. The van der Waals surface area contributed by atoms with Crippen molar-refractivity contribution in [3.05, 3.63) is 34.9 Å². The van der Waals surface area contributed by atoms with E-state index in [1.807, 2.05) is 18.2 Å². The molecule has 0 saturated carbocycles. The molecule has 104 valence electrons. The maximum absolute atomic E-state index is 11.7. The maximum atomic E-state index is 11.7. The van der Waals surface area contributed by atoms with Gasteiger partial charge in [0.05, 0.1) is 13.5 Å². The highest BCUT2D eigenvalue weighted by atomic mass is 35.5. The Kier molecular flexibility index (Phi) is 6.36. The van der Waals surface area contributed by atoms with Crippen LogP contribution in [0.4, 0.5) is 0 Å². The van der Waals surface area contributed by atoms with Crippen molar-refractivity contribution in [2.75, 3.05) is 7.11 Å². The summed E-state index contributed by atoms with van der Waals surface area (Å²) >= 11 is 5.87. The zero-order chi connectivity index (χ0) is 14.3. The van der Waals surface area contributed by atoms with Crippen LogP contribution in [0, 0.1) is 0 Å². The number of hydrogen-bond donors (Lipinski definition) is 1. The van der Waals surface area contributed by atoms with E-state index in [2.05, 4.69) is 10.1 Å². The number of carbonyl (C=O) groups is 2. The minimum absolute atomic E-state index is 0.0867. The molecule has 0 spiro atoms. The molecule has 1 rings (SSSR count). The van der Waals surface area contributed by atoms with Gasteiger partial charge >= 0.3 is 5.97 Å². The van der Waals surface area contributed by atoms with E-state index in [9.17, 15) is 9.59 Å². The summed E-state index contributed by atoms with van der Waals surface area (Å²) in [5.74, 6) is -0.418. The van der Waals surface area contributed by atoms with E-state index < -0.39 is 0 Å². The number of ether oxygens (including phenoxy) is 1. The van der Waals surface area contributed by atoms with Crippen molar-refractivity contribution in [3.63, 3.8) is 0 Å². The Labute approximate surface area is 118 Å². The Balaban J connectivity index is 2.33. The van der Waals surface area contributed by atoms with Crippen LogP contribution in [0.2, 0.25) is 5.02 Å². The number of rotatable bonds is 6. The Morgan fingerprint density at radius 1 is 1.42 bits per heavy atom. The molecule has 0 aliphatic heterocycles. The smallest absolute Gasteiger partial charge is 0.307 e. The Bertz CT molecular complexity index is 448. The first kappa shape index (κ1) is 15.5. The molecule has 0 heterocycles. The molecule has 0 bridgehead atoms. The van der Waals surface area contributed by atoms with Crippen molar-refractivity contribution >= 4 is 23.5 Å². The first-order valence-corrected chi connectivity index (χ1v) is 6.49. The van der Waals surface area contributed by atoms with Crippen LogP contribution in [-0.4, -0.2) is 25.0 Å². The zero-order valence-corrected chi connectivity index (χ0v) is 11.9. The number of nitrogens with one attached hydrogen (secondary N) is 1. The third-order valence-electron chi connectivity index (χ3n) is 2.64. The molecular weight excluding hydrogens is 266 g/mol. The molecule has 4 nitrogen and oxygen atoms in total. The van der Waals surface area contributed by atoms with Gasteiger partial charge in [-0.25, -0.2) is 0 Å². The third kappa shape index (κ3) is 6.25. The van der Waals surface area contributed by atoms with E-state index in [4.69, 9.17) is 11.6 Å². The number of benzene rings is 1. The van der Waals surface area contributed by atoms with E-state index in [0.717, 1.165) is 5.56 Å². The number of aryl methyl sites for hydroxylation is 1. The van der Waals surface area contributed by atoms with Crippen LogP contribution in [0.25, 0.3) is 0 Å². The highest BCUT2D eigenvalue weighted by Gasteiger charge is 2.11. The lowest BCUT2D eigenvalue weighted by molar-refractivity contribution is -0.141. The van der Waals surface area contributed by atoms with E-state index in [-0.39, 0.29) is 24.3 Å². The summed E-state index contributed by atoms with van der Waals surface area (Å²) in [5.41, 5.74) is 1.02. The van der Waals surface area contributed by atoms with Crippen molar-refractivity contribution in [1.82, 2.24) is 5.32 Å². The van der Waals surface area contributed by atoms with E-state index in [0.29, 0.717) is 17.9 Å². The minimum atomic E-state index is -0.331. The lowest BCUT2D eigenvalue weighted by Crippen LogP contribution is -2.34. The van der Waals surface area contributed by atoms with Gasteiger partial charge < -0.3 is 10.1 Å². The van der Waals surface area contributed by atoms with Crippen LogP contribution < -0.4 is 5.32 Å². The summed E-state index contributed by atoms with van der Waals surface area (Å²) in [6.45, 7) is 1.77. The van der Waals surface area contributed by atoms with Crippen LogP contribution >= 0.6 is 11.6 Å². The number of methoxy groups -OCH3 is 1. The predicted octanol–water partition coefficient (Wildman–Crippen LogP) is 2.34. The average molecular weight is 284 g/mol. The number of esters is 1. The lowest BCUT2D eigenvalue weighted by Gasteiger charge is -2.12. The van der Waals surface area contributed by atoms with Gasteiger partial charge in [-0.05, 0) is 31.0 Å². The quantitative estimate of drug-likeness (QED) is 0.815. The highest BCUT2D eigenvalue weighted by Crippen LogP contribution is 2.12. The standard InChI is InChI=1S/C14H18ClNO3/c1-10(8-14(18)19-2)16-13(17)7-6-11-4-3-5-12(15)9-11/h3-5,9-10H,6-8H2,1-2H3,(H,16,17). The van der Waals surface area contributed by atoms with Crippen LogP contribution in [0.5, 0.6) is 0 Å². The fraction of sp³-hybridized carbons (Fsp3) is 0.429. The second kappa shape index (κ2) is 7.79. The monoisotopic (exact) mass is 283 g/mol. The molecule has 0 aromatic heterocycles. The summed E-state index contributed by atoms with van der Waals surface area (Å²) in [5, 5.41) is 3.42. The summed E-state index contributed by atoms with van der Waals surface area (Å²) in [7, 11) is 1.33. The molecule has 0 fully saturated rings. The molecule has 5 heteroatoms. The summed E-state index contributed by atoms with van der Waals surface area (Å²) in [6, 6.07) is 7.20. The van der Waals surface area contributed by atoms with Crippen molar-refractivity contribution in [2.45, 2.75) is 32.2 Å². The van der Waals surface area contributed by atoms with Gasteiger partial charge in [-0.1, -0.05) is 23.7 Å². The van der Waals surface area contributed by atoms with Crippen LogP contribution in [0.3, 0.4) is 0 Å². The summed E-state index contributed by atoms with van der Waals surface area (Å²) in [4.78, 5) is 22.7. The molecule has 1 N–H and O–H groups in total. The molecule has 1 aromatic rings. The lowest BCUT2D eigenvalue weighted by atomic mass is 10.1. The SMILES string of the molecule is COC(=O)CC(C)NC(=O)CCc1cccc(Cl)c1. The zero-order valence-electron chi connectivity index (χ0n) is 11.1. The van der Waals surface area contributed by atoms with Crippen LogP contribution in [-0.2, 0) is 20.7 Å². The second-order valence-corrected chi connectivity index (χ2v) is 4.82. The molecule has 1 aromatic carbocycles. The van der Waals surface area contributed by atoms with Gasteiger partial charge in [-0.2, -0.15) is 0 Å². The van der Waals surface area contributed by atoms with Gasteiger partial charge in [0.2, 0.25) is 5.91 Å². The molecule has 0 saturated heterocycles. The van der Waals surface area contributed by atoms with Gasteiger partial charge in [0.15, 0.2) is 0 Å². The average Bonchev–Trinajstić information content (AvgIpc) is 2.36. The molecule has 0 aliphatic rings. The Morgan fingerprint density at radius 3 is 2.79 bits per heavy atom. The molecule has 1 unspecified atom stereocenters. The van der Waals surface area contributed by atoms with Gasteiger partial charge in [-0.3, -0.25) is 9.59 Å². The fourth-order valence-corrected chi connectivity index (χ4v) is 1.89. The van der Waals surface area contributed by atoms with Crippen molar-refractivity contribution in [1.29, 1.82) is 0 Å². The molecular formula is C14H18ClNO3. The molecule has 19 heavy (non-hydrogen) atoms. The van der Waals surface area contributed by atoms with Crippen LogP contribution in [0.1, 0.15) is 25.3 Å². The van der Waals surface area contributed by atoms with Gasteiger partial charge in [0.1, 0.15) is 0 Å². The second-order valence-electron chi connectivity index (χ2n) is 4.38. The van der Waals surface area contributed by atoms with E-state index in [1.54, 1.807) is 13.0 Å². The van der Waals surface area contributed by atoms with Gasteiger partial charge in [0.25, 0.3) is 0 Å². The topological polar surface area (TPSA) is 55.4 Å². The van der Waals surface area contributed by atoms with Gasteiger partial charge in [-0.15, -0.1) is 0 Å². The number of carbonyl (C=O) groups excluding carboxylic acids is 2. The predicted molar refractivity (Wildman–Crippen MR) is 74.0 cm³/mol. The molecule has 1 amide bonds. The van der Waals surface area contributed by atoms with Gasteiger partial charge in [0, 0.05) is 17.5 Å². The van der Waals surface area contributed by atoms with E-state index >= 15 is 0 Å².